The second kappa shape index (κ2) is 15.0. The number of nitrogens with one attached hydrogen (secondary N) is 3. The second-order valence-corrected chi connectivity index (χ2v) is 13.3. The minimum Gasteiger partial charge on any atom is -0.321 e. The molecule has 0 saturated heterocycles. The smallest absolute Gasteiger partial charge is 0.272 e. The Hall–Kier alpha value is -6.03. The van der Waals surface area contributed by atoms with E-state index in [0.29, 0.717) is 16.4 Å². The highest BCUT2D eigenvalue weighted by Gasteiger charge is 2.16. The first-order valence-corrected chi connectivity index (χ1v) is 17.7. The molecule has 3 N–H and O–H groups in total. The molecule has 0 bridgehead atoms. The SMILES string of the molecule is O=C(CSc1ccc(NC(=O)/C(=C/c2cccc3ccccc23)NC(=O)c2ccccc2)cc1)Nc1nc(-c2ccc3ccccc3c2)cs1. The van der Waals surface area contributed by atoms with Crippen LogP contribution in [0.3, 0.4) is 0 Å². The van der Waals surface area contributed by atoms with E-state index in [2.05, 4.69) is 45.2 Å². The van der Waals surface area contributed by atoms with Crippen molar-refractivity contribution in [2.24, 2.45) is 0 Å². The molecule has 0 spiro atoms. The van der Waals surface area contributed by atoms with Crippen molar-refractivity contribution in [3.8, 4) is 11.3 Å². The summed E-state index contributed by atoms with van der Waals surface area (Å²) in [5, 5.41) is 15.4. The van der Waals surface area contributed by atoms with E-state index in [-0.39, 0.29) is 23.3 Å². The number of anilines is 2. The molecule has 50 heavy (non-hydrogen) atoms. The zero-order valence-electron chi connectivity index (χ0n) is 26.6. The number of aromatic nitrogens is 1. The number of carbonyl (C=O) groups is 3. The molecule has 1 heterocycles. The van der Waals surface area contributed by atoms with Crippen LogP contribution in [0.1, 0.15) is 15.9 Å². The third-order valence-corrected chi connectivity index (χ3v) is 9.70. The van der Waals surface area contributed by atoms with E-state index >= 15 is 0 Å². The van der Waals surface area contributed by atoms with Crippen LogP contribution in [0.2, 0.25) is 0 Å². The van der Waals surface area contributed by atoms with Gasteiger partial charge in [-0.25, -0.2) is 4.98 Å². The quantitative estimate of drug-likeness (QED) is 0.0982. The molecule has 6 aromatic carbocycles. The predicted molar refractivity (Wildman–Crippen MR) is 205 cm³/mol. The summed E-state index contributed by atoms with van der Waals surface area (Å²) in [6, 6.07) is 44.0. The number of thiazole rings is 1. The Kier molecular flexibility index (Phi) is 9.77. The fraction of sp³-hybridized carbons (Fsp3) is 0.0244. The lowest BCUT2D eigenvalue weighted by molar-refractivity contribution is -0.114. The summed E-state index contributed by atoms with van der Waals surface area (Å²) in [5.41, 5.74) is 3.71. The summed E-state index contributed by atoms with van der Waals surface area (Å²) in [4.78, 5) is 44.9. The maximum Gasteiger partial charge on any atom is 0.272 e. The Morgan fingerprint density at radius 1 is 0.700 bits per heavy atom. The molecule has 0 unspecified atom stereocenters. The van der Waals surface area contributed by atoms with Crippen LogP contribution >= 0.6 is 23.1 Å². The molecule has 0 aliphatic heterocycles. The average Bonchev–Trinajstić information content (AvgIpc) is 3.63. The molecule has 9 heteroatoms. The number of hydrogen-bond donors (Lipinski definition) is 3. The van der Waals surface area contributed by atoms with Crippen molar-refractivity contribution < 1.29 is 14.4 Å². The lowest BCUT2D eigenvalue weighted by Crippen LogP contribution is -2.30. The molecule has 0 aliphatic rings. The maximum atomic E-state index is 13.6. The van der Waals surface area contributed by atoms with Gasteiger partial charge in [-0.2, -0.15) is 0 Å². The van der Waals surface area contributed by atoms with Gasteiger partial charge in [0.15, 0.2) is 5.13 Å². The molecule has 244 valence electrons. The number of benzene rings is 6. The third-order valence-electron chi connectivity index (χ3n) is 7.93. The number of hydrogen-bond acceptors (Lipinski definition) is 6. The van der Waals surface area contributed by atoms with Crippen LogP contribution in [0.5, 0.6) is 0 Å². The molecule has 0 saturated carbocycles. The first kappa shape index (κ1) is 32.5. The van der Waals surface area contributed by atoms with Gasteiger partial charge in [0.2, 0.25) is 5.91 Å². The fourth-order valence-corrected chi connectivity index (χ4v) is 6.86. The van der Waals surface area contributed by atoms with Gasteiger partial charge in [0.25, 0.3) is 11.8 Å². The molecular formula is C41H30N4O3S2. The number of nitrogens with zero attached hydrogens (tertiary/aromatic N) is 1. The summed E-state index contributed by atoms with van der Waals surface area (Å²) in [7, 11) is 0. The lowest BCUT2D eigenvalue weighted by atomic mass is 10.0. The first-order valence-electron chi connectivity index (χ1n) is 15.8. The van der Waals surface area contributed by atoms with Crippen molar-refractivity contribution in [2.75, 3.05) is 16.4 Å². The van der Waals surface area contributed by atoms with Gasteiger partial charge in [0.1, 0.15) is 5.70 Å². The summed E-state index contributed by atoms with van der Waals surface area (Å²) < 4.78 is 0. The van der Waals surface area contributed by atoms with Crippen LogP contribution in [-0.4, -0.2) is 28.5 Å². The van der Waals surface area contributed by atoms with Gasteiger partial charge < -0.3 is 16.0 Å². The minimum absolute atomic E-state index is 0.108. The molecule has 3 amide bonds. The molecule has 7 aromatic rings. The van der Waals surface area contributed by atoms with Crippen LogP contribution in [0, 0.1) is 0 Å². The number of thioether (sulfide) groups is 1. The van der Waals surface area contributed by atoms with E-state index in [1.54, 1.807) is 42.5 Å². The summed E-state index contributed by atoms with van der Waals surface area (Å²) in [5.74, 6) is -0.822. The molecule has 7 nitrogen and oxygen atoms in total. The molecule has 0 atom stereocenters. The Labute approximate surface area is 297 Å². The molecular weight excluding hydrogens is 661 g/mol. The van der Waals surface area contributed by atoms with E-state index in [9.17, 15) is 14.4 Å². The Balaban J connectivity index is 0.988. The summed E-state index contributed by atoms with van der Waals surface area (Å²) in [6.45, 7) is 0. The zero-order valence-corrected chi connectivity index (χ0v) is 28.3. The Morgan fingerprint density at radius 3 is 2.24 bits per heavy atom. The predicted octanol–water partition coefficient (Wildman–Crippen LogP) is 9.26. The highest BCUT2D eigenvalue weighted by Crippen LogP contribution is 2.28. The van der Waals surface area contributed by atoms with Crippen LogP contribution in [-0.2, 0) is 9.59 Å². The van der Waals surface area contributed by atoms with Crippen molar-refractivity contribution in [1.82, 2.24) is 10.3 Å². The van der Waals surface area contributed by atoms with Crippen molar-refractivity contribution in [3.05, 3.63) is 162 Å². The van der Waals surface area contributed by atoms with E-state index in [1.807, 2.05) is 84.2 Å². The Morgan fingerprint density at radius 2 is 1.42 bits per heavy atom. The topological polar surface area (TPSA) is 100 Å². The maximum absolute atomic E-state index is 13.6. The van der Waals surface area contributed by atoms with Crippen molar-refractivity contribution in [3.63, 3.8) is 0 Å². The summed E-state index contributed by atoms with van der Waals surface area (Å²) in [6.07, 6.45) is 1.69. The van der Waals surface area contributed by atoms with Crippen molar-refractivity contribution in [2.45, 2.75) is 4.90 Å². The van der Waals surface area contributed by atoms with Crippen molar-refractivity contribution >= 4 is 79.3 Å². The number of rotatable bonds is 10. The first-order chi connectivity index (χ1) is 24.5. The van der Waals surface area contributed by atoms with Gasteiger partial charge in [-0.3, -0.25) is 14.4 Å². The summed E-state index contributed by atoms with van der Waals surface area (Å²) >= 11 is 2.77. The third kappa shape index (κ3) is 7.81. The van der Waals surface area contributed by atoms with Gasteiger partial charge in [-0.1, -0.05) is 97.1 Å². The van der Waals surface area contributed by atoms with Gasteiger partial charge in [0.05, 0.1) is 11.4 Å². The second-order valence-electron chi connectivity index (χ2n) is 11.4. The van der Waals surface area contributed by atoms with E-state index in [0.717, 1.165) is 37.9 Å². The average molecular weight is 691 g/mol. The highest BCUT2D eigenvalue weighted by atomic mass is 32.2. The number of amides is 3. The van der Waals surface area contributed by atoms with Crippen LogP contribution in [0.4, 0.5) is 10.8 Å². The highest BCUT2D eigenvalue weighted by molar-refractivity contribution is 8.00. The van der Waals surface area contributed by atoms with E-state index < -0.39 is 5.91 Å². The van der Waals surface area contributed by atoms with Crippen molar-refractivity contribution in [1.29, 1.82) is 0 Å². The Bertz CT molecular complexity index is 2360. The molecule has 0 radical (unpaired) electrons. The molecule has 0 fully saturated rings. The van der Waals surface area contributed by atoms with Gasteiger partial charge >= 0.3 is 0 Å². The number of carbonyl (C=O) groups excluding carboxylic acids is 3. The number of fused-ring (bicyclic) bond motifs is 2. The lowest BCUT2D eigenvalue weighted by Gasteiger charge is -2.12. The van der Waals surface area contributed by atoms with Gasteiger partial charge in [0, 0.05) is 27.1 Å². The normalized spacial score (nSPS) is 11.3. The standard InChI is InChI=1S/C41H30N4O3S2/c46-38(45-41-44-37(25-50-41)32-18-17-27-9-4-5-13-30(27)23-32)26-49-34-21-19-33(20-22-34)42-40(48)36(43-39(47)29-11-2-1-3-12-29)24-31-15-8-14-28-10-6-7-16-35(28)31/h1-25H,26H2,(H,42,48)(H,43,47)(H,44,45,46)/b36-24-. The zero-order chi connectivity index (χ0) is 34.3. The molecule has 7 rings (SSSR count). The molecule has 1 aromatic heterocycles. The van der Waals surface area contributed by atoms with Gasteiger partial charge in [-0.15, -0.1) is 23.1 Å². The van der Waals surface area contributed by atoms with E-state index in [4.69, 9.17) is 0 Å². The van der Waals surface area contributed by atoms with Crippen LogP contribution < -0.4 is 16.0 Å². The van der Waals surface area contributed by atoms with Crippen LogP contribution in [0.15, 0.2) is 155 Å². The largest absolute Gasteiger partial charge is 0.321 e. The minimum atomic E-state index is -0.464. The monoisotopic (exact) mass is 690 g/mol. The van der Waals surface area contributed by atoms with E-state index in [1.165, 1.54) is 28.5 Å². The van der Waals surface area contributed by atoms with Gasteiger partial charge in [-0.05, 0) is 75.6 Å². The molecule has 0 aliphatic carbocycles. The fourth-order valence-electron chi connectivity index (χ4n) is 5.42. The van der Waals surface area contributed by atoms with Crippen LogP contribution in [0.25, 0.3) is 38.9 Å².